The normalized spacial score (nSPS) is 12.1. The Kier molecular flexibility index (Phi) is 8.07. The molecule has 0 aliphatic carbocycles. The molecule has 0 saturated carbocycles. The zero-order chi connectivity index (χ0) is 15.7. The molecular formula is C14H22ClN3O3. The van der Waals surface area contributed by atoms with E-state index >= 15 is 0 Å². The molecule has 0 spiro atoms. The molecule has 0 saturated heterocycles. The zero-order valence-electron chi connectivity index (χ0n) is 12.1. The van der Waals surface area contributed by atoms with Crippen molar-refractivity contribution >= 4 is 17.5 Å². The van der Waals surface area contributed by atoms with Gasteiger partial charge in [0, 0.05) is 36.8 Å². The number of hydrogen-bond acceptors (Lipinski definition) is 5. The molecule has 1 amide bonds. The summed E-state index contributed by atoms with van der Waals surface area (Å²) in [6, 6.07) is 5.20. The van der Waals surface area contributed by atoms with Crippen LogP contribution in [0.1, 0.15) is 12.5 Å². The van der Waals surface area contributed by atoms with Crippen molar-refractivity contribution < 1.29 is 14.6 Å². The fraction of sp³-hybridized carbons (Fsp3) is 0.500. The Hall–Kier alpha value is -1.34. The Morgan fingerprint density at radius 2 is 2.14 bits per heavy atom. The number of hydrogen-bond donors (Lipinski definition) is 4. The lowest BCUT2D eigenvalue weighted by Crippen LogP contribution is -2.31. The van der Waals surface area contributed by atoms with Crippen LogP contribution >= 0.6 is 11.6 Å². The van der Waals surface area contributed by atoms with E-state index < -0.39 is 5.91 Å². The Balaban J connectivity index is 2.41. The van der Waals surface area contributed by atoms with Crippen molar-refractivity contribution in [2.75, 3.05) is 26.2 Å². The summed E-state index contributed by atoms with van der Waals surface area (Å²) in [4.78, 5) is 10.8. The van der Waals surface area contributed by atoms with Crippen molar-refractivity contribution in [2.45, 2.75) is 19.6 Å². The lowest BCUT2D eigenvalue weighted by molar-refractivity contribution is -0.119. The smallest absolute Gasteiger partial charge is 0.255 e. The Bertz CT molecular complexity index is 455. The summed E-state index contributed by atoms with van der Waals surface area (Å²) < 4.78 is 5.34. The predicted octanol–water partition coefficient (Wildman–Crippen LogP) is 0.264. The predicted molar refractivity (Wildman–Crippen MR) is 82.4 cm³/mol. The Morgan fingerprint density at radius 3 is 2.81 bits per heavy atom. The van der Waals surface area contributed by atoms with Crippen molar-refractivity contribution in [3.8, 4) is 5.75 Å². The molecule has 1 rings (SSSR count). The van der Waals surface area contributed by atoms with E-state index in [0.717, 1.165) is 18.7 Å². The van der Waals surface area contributed by atoms with Crippen LogP contribution in [0.5, 0.6) is 5.75 Å². The number of rotatable bonds is 10. The molecule has 0 heterocycles. The molecule has 0 aliphatic heterocycles. The number of nitrogens with two attached hydrogens (primary N) is 1. The van der Waals surface area contributed by atoms with Crippen molar-refractivity contribution in [1.29, 1.82) is 0 Å². The second-order valence-corrected chi connectivity index (χ2v) is 5.17. The lowest BCUT2D eigenvalue weighted by Gasteiger charge is -2.12. The lowest BCUT2D eigenvalue weighted by atomic mass is 10.2. The van der Waals surface area contributed by atoms with Crippen LogP contribution in [0.4, 0.5) is 0 Å². The number of aliphatic hydroxyl groups excluding tert-OH is 1. The van der Waals surface area contributed by atoms with Crippen LogP contribution in [0.2, 0.25) is 5.02 Å². The quantitative estimate of drug-likeness (QED) is 0.465. The maximum Gasteiger partial charge on any atom is 0.255 e. The Labute approximate surface area is 129 Å². The van der Waals surface area contributed by atoms with Gasteiger partial charge in [-0.15, -0.1) is 0 Å². The van der Waals surface area contributed by atoms with Crippen molar-refractivity contribution in [3.05, 3.63) is 28.8 Å². The molecule has 1 unspecified atom stereocenters. The number of primary amides is 1. The first kappa shape index (κ1) is 17.7. The summed E-state index contributed by atoms with van der Waals surface area (Å²) in [5.41, 5.74) is 5.93. The average Bonchev–Trinajstić information content (AvgIpc) is 2.41. The molecular weight excluding hydrogens is 294 g/mol. The van der Waals surface area contributed by atoms with Crippen LogP contribution in [-0.4, -0.2) is 43.4 Å². The molecule has 1 atom stereocenters. The van der Waals surface area contributed by atoms with Gasteiger partial charge in [-0.25, -0.2) is 0 Å². The van der Waals surface area contributed by atoms with Crippen molar-refractivity contribution in [1.82, 2.24) is 10.6 Å². The molecule has 118 valence electrons. The molecule has 1 aromatic carbocycles. The van der Waals surface area contributed by atoms with E-state index in [1.54, 1.807) is 25.1 Å². The highest BCUT2D eigenvalue weighted by molar-refractivity contribution is 6.30. The third kappa shape index (κ3) is 7.87. The minimum Gasteiger partial charge on any atom is -0.483 e. The van der Waals surface area contributed by atoms with Gasteiger partial charge in [-0.3, -0.25) is 4.79 Å². The second-order valence-electron chi connectivity index (χ2n) is 4.74. The van der Waals surface area contributed by atoms with Gasteiger partial charge in [-0.05, 0) is 25.1 Å². The highest BCUT2D eigenvalue weighted by Crippen LogP contribution is 2.22. The van der Waals surface area contributed by atoms with Crippen molar-refractivity contribution in [3.63, 3.8) is 0 Å². The van der Waals surface area contributed by atoms with Crippen molar-refractivity contribution in [2.24, 2.45) is 5.73 Å². The summed E-state index contributed by atoms with van der Waals surface area (Å²) in [5.74, 6) is 0.0637. The van der Waals surface area contributed by atoms with E-state index in [-0.39, 0.29) is 12.7 Å². The number of nitrogens with one attached hydrogen (secondary N) is 2. The van der Waals surface area contributed by atoms with E-state index in [2.05, 4.69) is 10.6 Å². The van der Waals surface area contributed by atoms with Crippen LogP contribution in [-0.2, 0) is 11.3 Å². The fourth-order valence-corrected chi connectivity index (χ4v) is 1.88. The van der Waals surface area contributed by atoms with E-state index in [1.165, 1.54) is 0 Å². The first-order valence-corrected chi connectivity index (χ1v) is 7.16. The third-order valence-electron chi connectivity index (χ3n) is 2.63. The molecule has 0 aromatic heterocycles. The molecule has 0 radical (unpaired) electrons. The van der Waals surface area contributed by atoms with Gasteiger partial charge in [-0.1, -0.05) is 11.6 Å². The highest BCUT2D eigenvalue weighted by Gasteiger charge is 2.06. The number of carbonyl (C=O) groups is 1. The molecule has 7 heteroatoms. The number of amides is 1. The second kappa shape index (κ2) is 9.57. The molecule has 6 nitrogen and oxygen atoms in total. The van der Waals surface area contributed by atoms with Gasteiger partial charge in [0.15, 0.2) is 6.61 Å². The monoisotopic (exact) mass is 315 g/mol. The van der Waals surface area contributed by atoms with Gasteiger partial charge >= 0.3 is 0 Å². The van der Waals surface area contributed by atoms with Gasteiger partial charge in [0.1, 0.15) is 5.75 Å². The van der Waals surface area contributed by atoms with E-state index in [9.17, 15) is 4.79 Å². The van der Waals surface area contributed by atoms with Gasteiger partial charge in [0.05, 0.1) is 6.10 Å². The largest absolute Gasteiger partial charge is 0.483 e. The minimum absolute atomic E-state index is 0.162. The summed E-state index contributed by atoms with van der Waals surface area (Å²) >= 11 is 5.96. The van der Waals surface area contributed by atoms with Crippen LogP contribution < -0.4 is 21.1 Å². The molecule has 0 bridgehead atoms. The summed E-state index contributed by atoms with van der Waals surface area (Å²) in [5, 5.41) is 16.0. The topological polar surface area (TPSA) is 96.6 Å². The maximum absolute atomic E-state index is 10.8. The molecule has 1 aromatic rings. The first-order valence-electron chi connectivity index (χ1n) is 6.78. The summed E-state index contributed by atoms with van der Waals surface area (Å²) in [6.45, 7) is 4.16. The van der Waals surface area contributed by atoms with Gasteiger partial charge < -0.3 is 26.2 Å². The third-order valence-corrected chi connectivity index (χ3v) is 2.86. The van der Waals surface area contributed by atoms with Crippen LogP contribution in [0.25, 0.3) is 0 Å². The molecule has 0 fully saturated rings. The van der Waals surface area contributed by atoms with Crippen LogP contribution in [0.3, 0.4) is 0 Å². The van der Waals surface area contributed by atoms with E-state index in [1.807, 2.05) is 0 Å². The highest BCUT2D eigenvalue weighted by atomic mass is 35.5. The number of aliphatic hydroxyl groups is 1. The number of carbonyl (C=O) groups excluding carboxylic acids is 1. The number of benzene rings is 1. The Morgan fingerprint density at radius 1 is 1.43 bits per heavy atom. The summed E-state index contributed by atoms with van der Waals surface area (Å²) in [6.07, 6.45) is -0.355. The summed E-state index contributed by atoms with van der Waals surface area (Å²) in [7, 11) is 0. The maximum atomic E-state index is 10.8. The zero-order valence-corrected chi connectivity index (χ0v) is 12.8. The van der Waals surface area contributed by atoms with Gasteiger partial charge in [0.25, 0.3) is 5.91 Å². The van der Waals surface area contributed by atoms with Gasteiger partial charge in [0.2, 0.25) is 0 Å². The number of halogens is 1. The standard InChI is InChI=1S/C14H22ClN3O3/c1-10(19)7-17-4-5-18-8-11-6-12(15)2-3-13(11)21-9-14(16)20/h2-3,6,10,17-19H,4-5,7-9H2,1H3,(H2,16,20). The fourth-order valence-electron chi connectivity index (χ4n) is 1.69. The molecule has 5 N–H and O–H groups in total. The average molecular weight is 316 g/mol. The molecule has 21 heavy (non-hydrogen) atoms. The van der Waals surface area contributed by atoms with E-state index in [0.29, 0.717) is 23.9 Å². The van der Waals surface area contributed by atoms with Gasteiger partial charge in [-0.2, -0.15) is 0 Å². The van der Waals surface area contributed by atoms with Crippen LogP contribution in [0.15, 0.2) is 18.2 Å². The number of ether oxygens (including phenoxy) is 1. The SMILES string of the molecule is CC(O)CNCCNCc1cc(Cl)ccc1OCC(N)=O. The first-order chi connectivity index (χ1) is 9.99. The minimum atomic E-state index is -0.522. The van der Waals surface area contributed by atoms with Crippen LogP contribution in [0, 0.1) is 0 Å². The van der Waals surface area contributed by atoms with E-state index in [4.69, 9.17) is 27.2 Å². The molecule has 0 aliphatic rings.